The van der Waals surface area contributed by atoms with Crippen molar-refractivity contribution in [2.45, 2.75) is 116 Å². The average Bonchev–Trinajstić information content (AvgIpc) is 4.11. The first-order chi connectivity index (χ1) is 36.0. The molecule has 5 atom stereocenters. The molecule has 2 bridgehead atoms. The summed E-state index contributed by atoms with van der Waals surface area (Å²) in [5.74, 6) is 0.223. The number of aromatic hydroxyl groups is 1. The Kier molecular flexibility index (Phi) is 14.7. The number of benzene rings is 3. The molecule has 16 nitrogen and oxygen atoms in total. The lowest BCUT2D eigenvalue weighted by molar-refractivity contribution is -0.144. The van der Waals surface area contributed by atoms with Crippen LogP contribution in [0.3, 0.4) is 0 Å². The number of fused-ring (bicyclic) bond motifs is 4. The van der Waals surface area contributed by atoms with E-state index in [1.165, 1.54) is 35.4 Å². The van der Waals surface area contributed by atoms with E-state index in [2.05, 4.69) is 46.6 Å². The molecule has 2 unspecified atom stereocenters. The number of hydrogen-bond acceptors (Lipinski definition) is 14. The monoisotopic (exact) mass is 1040 g/mol. The average molecular weight is 1040 g/mol. The molecule has 392 valence electrons. The lowest BCUT2D eigenvalue weighted by Crippen LogP contribution is -2.57. The van der Waals surface area contributed by atoms with Gasteiger partial charge in [0.1, 0.15) is 46.8 Å². The van der Waals surface area contributed by atoms with Crippen LogP contribution in [0.5, 0.6) is 11.8 Å². The van der Waals surface area contributed by atoms with Gasteiger partial charge in [0.25, 0.3) is 0 Å². The molecule has 10 rings (SSSR count). The van der Waals surface area contributed by atoms with Crippen molar-refractivity contribution in [3.8, 4) is 45.8 Å². The van der Waals surface area contributed by atoms with Gasteiger partial charge in [0.05, 0.1) is 33.1 Å². The number of piperazine rings is 1. The van der Waals surface area contributed by atoms with Gasteiger partial charge < -0.3 is 45.6 Å². The summed E-state index contributed by atoms with van der Waals surface area (Å²) in [5.41, 5.74) is 3.89. The third kappa shape index (κ3) is 11.0. The van der Waals surface area contributed by atoms with Crippen molar-refractivity contribution in [2.75, 3.05) is 44.2 Å². The minimum atomic E-state index is -0.936. The van der Waals surface area contributed by atoms with Gasteiger partial charge in [-0.15, -0.1) is 17.8 Å². The number of terminal acetylenes is 1. The third-order valence-electron chi connectivity index (χ3n) is 15.0. The Morgan fingerprint density at radius 3 is 2.44 bits per heavy atom. The number of aliphatic hydroxyl groups is 1. The summed E-state index contributed by atoms with van der Waals surface area (Å²) in [6.07, 6.45) is 10.2. The maximum atomic E-state index is 17.1. The summed E-state index contributed by atoms with van der Waals surface area (Å²) in [5, 5.41) is 32.0. The minimum absolute atomic E-state index is 0.0158. The number of anilines is 1. The fourth-order valence-corrected chi connectivity index (χ4v) is 11.9. The number of β-amino-alcohol motifs (C(OH)–C–C–N with tert-alkyl or cyclic N) is 1. The molecule has 4 aliphatic rings. The van der Waals surface area contributed by atoms with E-state index in [9.17, 15) is 24.6 Å². The van der Waals surface area contributed by atoms with E-state index in [1.54, 1.807) is 11.3 Å². The number of hydrogen-bond donors (Lipinski definition) is 5. The van der Waals surface area contributed by atoms with Crippen molar-refractivity contribution in [1.29, 1.82) is 0 Å². The zero-order valence-corrected chi connectivity index (χ0v) is 43.4. The summed E-state index contributed by atoms with van der Waals surface area (Å²) in [7, 11) is 0. The first-order valence-corrected chi connectivity index (χ1v) is 26.6. The maximum Gasteiger partial charge on any atom is 0.319 e. The Labute approximate surface area is 438 Å². The molecule has 4 saturated heterocycles. The number of nitrogens with zero attached hydrogens (tertiary/aromatic N) is 7. The predicted molar refractivity (Wildman–Crippen MR) is 283 cm³/mol. The molecule has 75 heavy (non-hydrogen) atoms. The van der Waals surface area contributed by atoms with Gasteiger partial charge in [-0.25, -0.2) is 13.8 Å². The highest BCUT2D eigenvalue weighted by Gasteiger charge is 2.44. The largest absolute Gasteiger partial charge is 0.508 e. The number of ether oxygens (including phenoxy) is 1. The number of halogens is 2. The lowest BCUT2D eigenvalue weighted by atomic mass is 9.85. The molecule has 19 heteroatoms. The minimum Gasteiger partial charge on any atom is -0.508 e. The van der Waals surface area contributed by atoms with Crippen LogP contribution >= 0.6 is 11.3 Å². The van der Waals surface area contributed by atoms with Crippen LogP contribution in [-0.2, 0) is 20.9 Å². The van der Waals surface area contributed by atoms with Crippen LogP contribution in [-0.4, -0.2) is 133 Å². The van der Waals surface area contributed by atoms with E-state index < -0.39 is 41.1 Å². The maximum absolute atomic E-state index is 17.1. The van der Waals surface area contributed by atoms with E-state index in [0.717, 1.165) is 34.5 Å². The van der Waals surface area contributed by atoms with Gasteiger partial charge in [-0.1, -0.05) is 57.0 Å². The van der Waals surface area contributed by atoms with Gasteiger partial charge in [0.15, 0.2) is 5.82 Å². The zero-order valence-electron chi connectivity index (χ0n) is 42.5. The Morgan fingerprint density at radius 2 is 1.75 bits per heavy atom. The number of aromatic nitrogens is 4. The number of amides is 3. The van der Waals surface area contributed by atoms with Crippen molar-refractivity contribution < 1.29 is 38.1 Å². The van der Waals surface area contributed by atoms with Gasteiger partial charge in [-0.05, 0) is 85.7 Å². The van der Waals surface area contributed by atoms with Crippen molar-refractivity contribution in [3.05, 3.63) is 88.7 Å². The second-order valence-electron chi connectivity index (χ2n) is 21.4. The molecule has 0 spiro atoms. The zero-order chi connectivity index (χ0) is 52.7. The number of aliphatic hydroxyl groups excluding tert-OH is 1. The Bertz CT molecular complexity index is 3180. The smallest absolute Gasteiger partial charge is 0.319 e. The van der Waals surface area contributed by atoms with Crippen molar-refractivity contribution in [1.82, 2.24) is 45.7 Å². The molecule has 0 aliphatic carbocycles. The number of likely N-dealkylation sites (tertiary alicyclic amines) is 2. The Morgan fingerprint density at radius 1 is 1.00 bits per heavy atom. The highest BCUT2D eigenvalue weighted by molar-refractivity contribution is 7.13. The first-order valence-electron chi connectivity index (χ1n) is 25.7. The van der Waals surface area contributed by atoms with Crippen LogP contribution in [0.4, 0.5) is 14.6 Å². The molecular weight excluding hydrogens is 979 g/mol. The number of carbonyl (C=O) groups excluding carboxylic acids is 3. The fourth-order valence-electron chi connectivity index (χ4n) is 11.1. The molecule has 3 amide bonds. The van der Waals surface area contributed by atoms with Gasteiger partial charge in [-0.3, -0.25) is 19.4 Å². The molecule has 5 N–H and O–H groups in total. The van der Waals surface area contributed by atoms with Crippen molar-refractivity contribution in [2.24, 2.45) is 5.41 Å². The SMILES string of the molecule is C#Cc1c(F)ccc2cc(O)cc(-c3ncc4c(N5CC6CCC(C5)N6)nc(OC5CCN(CCCC(=O)N[C@H](C(=O)N6C[C@H](O)C[C@H]6C(=O)NCc6ccc(-c7scnc7C)cc6)C(C)(C)C)CC5)nc4c3F)c12. The fraction of sp³-hybridized carbons (Fsp3) is 0.446. The number of carbonyl (C=O) groups is 3. The Balaban J connectivity index is 0.763. The highest BCUT2D eigenvalue weighted by atomic mass is 32.1. The van der Waals surface area contributed by atoms with Crippen LogP contribution in [0.1, 0.15) is 82.5 Å². The van der Waals surface area contributed by atoms with Gasteiger partial charge in [-0.2, -0.15) is 9.97 Å². The van der Waals surface area contributed by atoms with Gasteiger partial charge >= 0.3 is 6.01 Å². The highest BCUT2D eigenvalue weighted by Crippen LogP contribution is 2.40. The van der Waals surface area contributed by atoms with Crippen LogP contribution < -0.4 is 25.6 Å². The molecule has 4 aliphatic heterocycles. The van der Waals surface area contributed by atoms with Crippen LogP contribution in [0, 0.1) is 36.3 Å². The second-order valence-corrected chi connectivity index (χ2v) is 22.3. The number of thiazole rings is 1. The summed E-state index contributed by atoms with van der Waals surface area (Å²) in [4.78, 5) is 66.7. The van der Waals surface area contributed by atoms with E-state index in [-0.39, 0.29) is 95.4 Å². The van der Waals surface area contributed by atoms with Gasteiger partial charge in [0.2, 0.25) is 17.7 Å². The summed E-state index contributed by atoms with van der Waals surface area (Å²) in [6.45, 7) is 11.1. The molecule has 7 heterocycles. The molecule has 4 fully saturated rings. The summed E-state index contributed by atoms with van der Waals surface area (Å²) >= 11 is 1.57. The number of nitrogens with one attached hydrogen (secondary N) is 3. The Hall–Kier alpha value is -6.85. The number of pyridine rings is 1. The number of phenolic OH excluding ortho intramolecular Hbond substituents is 1. The molecule has 3 aromatic carbocycles. The standard InChI is InChI=1S/C56H62F2N10O6S/c1-6-40-43(57)16-13-34-22-37(69)23-41(46(34)40)48-47(58)49-42(26-59-48)52(67-27-35-14-15-36(28-67)62-35)65-55(64-49)74-39-17-20-66(21-18-39)19-7-8-45(71)63-51(56(3,4)5)54(73)68-29-38(70)24-44(68)53(72)60-25-32-9-11-33(12-10-32)50-31(2)61-30-75-50/h1,9-13,16,22-23,26,30,35-36,38-39,44,51,62,69-70H,7-8,14-15,17-21,24-25,27-29H2,2-5H3,(H,60,72)(H,63,71)/t35?,36?,38-,44+,51-/m1/s1. The van der Waals surface area contributed by atoms with Crippen molar-refractivity contribution in [3.63, 3.8) is 0 Å². The van der Waals surface area contributed by atoms with Crippen LogP contribution in [0.15, 0.2) is 60.2 Å². The summed E-state index contributed by atoms with van der Waals surface area (Å²) in [6, 6.07) is 12.0. The number of rotatable bonds is 14. The molecule has 0 radical (unpaired) electrons. The van der Waals surface area contributed by atoms with E-state index in [4.69, 9.17) is 16.1 Å². The molecule has 6 aromatic rings. The van der Waals surface area contributed by atoms with E-state index in [1.807, 2.05) is 57.5 Å². The normalized spacial score (nSPS) is 20.6. The molecule has 3 aromatic heterocycles. The predicted octanol–water partition coefficient (Wildman–Crippen LogP) is 6.62. The number of phenols is 1. The van der Waals surface area contributed by atoms with Gasteiger partial charge in [0, 0.05) is 81.3 Å². The molecule has 0 saturated carbocycles. The summed E-state index contributed by atoms with van der Waals surface area (Å²) < 4.78 is 38.6. The van der Waals surface area contributed by atoms with E-state index >= 15 is 8.78 Å². The quantitative estimate of drug-likeness (QED) is 0.0732. The number of piperidine rings is 1. The van der Waals surface area contributed by atoms with Crippen LogP contribution in [0.25, 0.3) is 43.4 Å². The number of aryl methyl sites for hydroxylation is 1. The van der Waals surface area contributed by atoms with Crippen molar-refractivity contribution >= 4 is 56.6 Å². The molecular formula is C56H62F2N10O6S. The third-order valence-corrected chi connectivity index (χ3v) is 16.0. The first kappa shape index (κ1) is 51.6. The van der Waals surface area contributed by atoms with Crippen LogP contribution in [0.2, 0.25) is 0 Å². The lowest BCUT2D eigenvalue weighted by Gasteiger charge is -2.35. The van der Waals surface area contributed by atoms with E-state index in [0.29, 0.717) is 68.6 Å². The topological polar surface area (TPSA) is 198 Å². The second kappa shape index (κ2) is 21.4.